The maximum absolute atomic E-state index is 10.1. The van der Waals surface area contributed by atoms with Crippen LogP contribution in [0.1, 0.15) is 0 Å². The third-order valence-electron chi connectivity index (χ3n) is 0.919. The lowest BCUT2D eigenvalue weighted by molar-refractivity contribution is -0.154. The van der Waals surface area contributed by atoms with Crippen molar-refractivity contribution in [3.8, 4) is 0 Å². The van der Waals surface area contributed by atoms with Crippen LogP contribution in [0.25, 0.3) is 0 Å². The van der Waals surface area contributed by atoms with Crippen molar-refractivity contribution in [1.82, 2.24) is 0 Å². The summed E-state index contributed by atoms with van der Waals surface area (Å²) in [5.41, 5.74) is 0. The molecule has 0 bridgehead atoms. The average molecular weight is 179 g/mol. The molecule has 0 radical (unpaired) electrons. The number of rotatable bonds is 4. The van der Waals surface area contributed by atoms with Gasteiger partial charge in [0.15, 0.2) is 12.1 Å². The number of hydrogen-bond donors (Lipinski definition) is 3. The van der Waals surface area contributed by atoms with Gasteiger partial charge < -0.3 is 15.3 Å². The maximum Gasteiger partial charge on any atom is 0.335 e. The van der Waals surface area contributed by atoms with E-state index in [1.165, 1.54) is 0 Å². The summed E-state index contributed by atoms with van der Waals surface area (Å²) in [7, 11) is 0. The Bertz CT molecular complexity index is 193. The van der Waals surface area contributed by atoms with Crippen LogP contribution >= 0.6 is 0 Å². The van der Waals surface area contributed by atoms with Crippen LogP contribution in [0.2, 0.25) is 0 Å². The minimum Gasteiger partial charge on any atom is -0.480 e. The Hall–Kier alpha value is -1.08. The molecule has 0 fully saturated rings. The zero-order chi connectivity index (χ0) is 9.02. The van der Waals surface area contributed by atoms with Gasteiger partial charge in [0.2, 0.25) is 0 Å². The lowest BCUT2D eigenvalue weighted by atomic mass is 10.2. The summed E-state index contributed by atoms with van der Waals surface area (Å²) in [4.78, 5) is 20.1. The van der Waals surface area contributed by atoms with Crippen molar-refractivity contribution >= 4 is 24.4 Å². The number of nitrogens with zero attached hydrogens (tertiary/aromatic N) is 1. The molecule has 0 spiro atoms. The van der Waals surface area contributed by atoms with E-state index in [4.69, 9.17) is 15.3 Å². The second-order valence-electron chi connectivity index (χ2n) is 1.67. The fraction of sp³-hybridized carbons (Fsp3) is 0.500. The minimum absolute atomic E-state index is 1.56. The monoisotopic (exact) mass is 179 g/mol. The number of aliphatic carboxylic acids is 2. The number of aliphatic hydroxyl groups is 1. The van der Waals surface area contributed by atoms with Gasteiger partial charge in [-0.3, -0.25) is 0 Å². The normalized spacial score (nSPS) is 15.0. The van der Waals surface area contributed by atoms with Gasteiger partial charge in [-0.15, -0.1) is 0 Å². The Kier molecular flexibility index (Phi) is 3.55. The molecule has 1 unspecified atom stereocenters. The van der Waals surface area contributed by atoms with Crippen LogP contribution in [-0.2, 0) is 22.0 Å². The predicted octanol–water partition coefficient (Wildman–Crippen LogP) is -1.38. The van der Waals surface area contributed by atoms with Gasteiger partial charge in [-0.2, -0.15) is 0 Å². The molecular weight excluding hydrogens is 174 g/mol. The largest absolute Gasteiger partial charge is 0.480 e. The maximum atomic E-state index is 10.1. The first-order valence-electron chi connectivity index (χ1n) is 2.47. The highest BCUT2D eigenvalue weighted by atomic mass is 32.1. The van der Waals surface area contributed by atoms with Crippen molar-refractivity contribution in [2.45, 2.75) is 12.1 Å². The fourth-order valence-corrected chi connectivity index (χ4v) is 0.578. The smallest absolute Gasteiger partial charge is 0.335 e. The summed E-state index contributed by atoms with van der Waals surface area (Å²) >= 11 is 3.97. The zero-order valence-electron chi connectivity index (χ0n) is 5.17. The number of hydrogen-bond acceptors (Lipinski definition) is 5. The Morgan fingerprint density at radius 3 is 1.82 bits per heavy atom. The molecule has 11 heavy (non-hydrogen) atoms. The molecule has 0 aliphatic rings. The second-order valence-corrected chi connectivity index (χ2v) is 1.88. The molecule has 6 nitrogen and oxygen atoms in total. The topological polar surface area (TPSA) is 107 Å². The molecule has 7 heteroatoms. The lowest BCUT2D eigenvalue weighted by Crippen LogP contribution is -2.37. The fourth-order valence-electron chi connectivity index (χ4n) is 0.373. The van der Waals surface area contributed by atoms with E-state index in [9.17, 15) is 9.59 Å². The van der Waals surface area contributed by atoms with Crippen LogP contribution < -0.4 is 0 Å². The molecule has 0 heterocycles. The highest BCUT2D eigenvalue weighted by Gasteiger charge is 2.31. The van der Waals surface area contributed by atoms with Gasteiger partial charge in [0.1, 0.15) is 0 Å². The first-order chi connectivity index (χ1) is 5.00. The van der Waals surface area contributed by atoms with Crippen molar-refractivity contribution in [3.63, 3.8) is 0 Å². The number of carbonyl (C=O) groups is 2. The highest BCUT2D eigenvalue weighted by Crippen LogP contribution is 1.98. The van der Waals surface area contributed by atoms with Gasteiger partial charge >= 0.3 is 11.9 Å². The summed E-state index contributed by atoms with van der Waals surface area (Å²) in [6.45, 7) is 0. The number of aliphatic hydroxyl groups excluding tert-OH is 1. The zero-order valence-corrected chi connectivity index (χ0v) is 5.98. The minimum atomic E-state index is -2.08. The molecule has 0 rings (SSSR count). The van der Waals surface area contributed by atoms with Gasteiger partial charge in [0.05, 0.1) is 0 Å². The molecule has 0 saturated heterocycles. The van der Waals surface area contributed by atoms with E-state index < -0.39 is 24.1 Å². The quantitative estimate of drug-likeness (QED) is 0.490. The van der Waals surface area contributed by atoms with Crippen LogP contribution in [0, 0.1) is 0 Å². The molecule has 3 N–H and O–H groups in total. The van der Waals surface area contributed by atoms with E-state index in [-0.39, 0.29) is 0 Å². The van der Waals surface area contributed by atoms with Crippen molar-refractivity contribution in [2.75, 3.05) is 0 Å². The molecule has 0 aliphatic heterocycles. The third kappa shape index (κ3) is 2.56. The Labute approximate surface area is 66.6 Å². The first-order valence-corrected chi connectivity index (χ1v) is 2.83. The SMILES string of the molecule is O=C(O)C(O)[C@H](N=S)C(=O)O. The van der Waals surface area contributed by atoms with E-state index in [1.807, 2.05) is 0 Å². The summed E-state index contributed by atoms with van der Waals surface area (Å²) < 4.78 is 2.76. The number of carboxylic acids is 2. The van der Waals surface area contributed by atoms with Crippen LogP contribution in [0.5, 0.6) is 0 Å². The highest BCUT2D eigenvalue weighted by molar-refractivity contribution is 7.47. The molecule has 2 atom stereocenters. The first kappa shape index (κ1) is 9.92. The van der Waals surface area contributed by atoms with Crippen molar-refractivity contribution in [1.29, 1.82) is 0 Å². The summed E-state index contributed by atoms with van der Waals surface area (Å²) in [5.74, 6) is -3.22. The molecule has 0 saturated carbocycles. The molecule has 62 valence electrons. The molecule has 0 aromatic rings. The Balaban J connectivity index is 4.37. The number of carboxylic acid groups (broad SMARTS) is 2. The van der Waals surface area contributed by atoms with E-state index >= 15 is 0 Å². The van der Waals surface area contributed by atoms with Crippen molar-refractivity contribution in [2.24, 2.45) is 4.36 Å². The van der Waals surface area contributed by atoms with Crippen LogP contribution in [0.3, 0.4) is 0 Å². The predicted molar refractivity (Wildman–Crippen MR) is 34.9 cm³/mol. The molecule has 0 amide bonds. The summed E-state index contributed by atoms with van der Waals surface area (Å²) in [6, 6.07) is -1.78. The van der Waals surface area contributed by atoms with Crippen molar-refractivity contribution < 1.29 is 24.9 Å². The van der Waals surface area contributed by atoms with Gasteiger partial charge in [-0.05, 0) is 0 Å². The van der Waals surface area contributed by atoms with E-state index in [2.05, 4.69) is 16.8 Å². The summed E-state index contributed by atoms with van der Waals surface area (Å²) in [5, 5.41) is 24.9. The average Bonchev–Trinajstić information content (AvgIpc) is 1.88. The standard InChI is InChI=1S/C4H5NO5S/c6-2(4(9)10)1(5-11)3(7)8/h1-2,6H,(H,7,8)(H,9,10)/t1-,2?/m0/s1. The van der Waals surface area contributed by atoms with Crippen molar-refractivity contribution in [3.05, 3.63) is 0 Å². The van der Waals surface area contributed by atoms with Crippen LogP contribution in [0.15, 0.2) is 4.36 Å². The van der Waals surface area contributed by atoms with E-state index in [1.54, 1.807) is 0 Å². The van der Waals surface area contributed by atoms with Gasteiger partial charge in [0, 0.05) is 12.4 Å². The molecule has 0 aromatic heterocycles. The van der Waals surface area contributed by atoms with E-state index in [0.717, 1.165) is 0 Å². The second kappa shape index (κ2) is 3.94. The summed E-state index contributed by atoms with van der Waals surface area (Å²) in [6.07, 6.45) is -2.08. The van der Waals surface area contributed by atoms with Crippen LogP contribution in [-0.4, -0.2) is 39.4 Å². The van der Waals surface area contributed by atoms with Gasteiger partial charge in [0.25, 0.3) is 0 Å². The third-order valence-corrected chi connectivity index (χ3v) is 1.15. The van der Waals surface area contributed by atoms with E-state index in [0.29, 0.717) is 0 Å². The molecule has 0 aromatic carbocycles. The van der Waals surface area contributed by atoms with Gasteiger partial charge in [-0.1, -0.05) is 0 Å². The molecule has 0 aliphatic carbocycles. The van der Waals surface area contributed by atoms with Gasteiger partial charge in [-0.25, -0.2) is 14.0 Å². The lowest BCUT2D eigenvalue weighted by Gasteiger charge is -2.07. The Morgan fingerprint density at radius 2 is 1.73 bits per heavy atom. The Morgan fingerprint density at radius 1 is 1.27 bits per heavy atom. The molecular formula is C4H5NO5S. The van der Waals surface area contributed by atoms with Crippen LogP contribution in [0.4, 0.5) is 0 Å².